The number of nitrogens with one attached hydrogen (secondary N) is 1. The summed E-state index contributed by atoms with van der Waals surface area (Å²) in [5.41, 5.74) is 1.09. The van der Waals surface area contributed by atoms with Crippen LogP contribution in [0.25, 0.3) is 0 Å². The van der Waals surface area contributed by atoms with Gasteiger partial charge in [-0.2, -0.15) is 0 Å². The highest BCUT2D eigenvalue weighted by Gasteiger charge is 2.24. The number of ether oxygens (including phenoxy) is 1. The number of methoxy groups -OCH3 is 1. The molecule has 1 saturated heterocycles. The topological polar surface area (TPSA) is 87.7 Å². The fourth-order valence-electron chi connectivity index (χ4n) is 3.01. The fraction of sp³-hybridized carbons (Fsp3) is 0.368. The summed E-state index contributed by atoms with van der Waals surface area (Å²) in [6.45, 7) is 5.36. The highest BCUT2D eigenvalue weighted by atomic mass is 16.5. The van der Waals surface area contributed by atoms with E-state index in [2.05, 4.69) is 15.3 Å². The molecular formula is C19H23N5O3. The van der Waals surface area contributed by atoms with E-state index < -0.39 is 0 Å². The molecule has 1 aliphatic heterocycles. The average molecular weight is 369 g/mol. The molecule has 3 rings (SSSR count). The van der Waals surface area contributed by atoms with Crippen LogP contribution in [0.2, 0.25) is 0 Å². The van der Waals surface area contributed by atoms with E-state index in [1.807, 2.05) is 24.3 Å². The van der Waals surface area contributed by atoms with E-state index in [-0.39, 0.29) is 11.8 Å². The Bertz CT molecular complexity index is 847. The van der Waals surface area contributed by atoms with Crippen LogP contribution in [0.1, 0.15) is 23.2 Å². The van der Waals surface area contributed by atoms with Crippen LogP contribution in [0, 0.1) is 6.92 Å². The number of carbonyl (C=O) groups is 2. The summed E-state index contributed by atoms with van der Waals surface area (Å²) in [4.78, 5) is 36.4. The normalized spacial score (nSPS) is 14.0. The maximum atomic E-state index is 12.8. The first-order valence-corrected chi connectivity index (χ1v) is 8.78. The van der Waals surface area contributed by atoms with Crippen molar-refractivity contribution in [3.8, 4) is 5.75 Å². The zero-order chi connectivity index (χ0) is 19.4. The van der Waals surface area contributed by atoms with Gasteiger partial charge in [0.2, 0.25) is 5.91 Å². The minimum atomic E-state index is -0.160. The monoisotopic (exact) mass is 369 g/mol. The Morgan fingerprint density at radius 2 is 1.74 bits per heavy atom. The lowest BCUT2D eigenvalue weighted by Gasteiger charge is -2.34. The summed E-state index contributed by atoms with van der Waals surface area (Å²) in [6, 6.07) is 9.12. The third kappa shape index (κ3) is 4.33. The van der Waals surface area contributed by atoms with Crippen LogP contribution in [-0.4, -0.2) is 64.9 Å². The highest BCUT2D eigenvalue weighted by molar-refractivity contribution is 5.93. The number of nitrogens with zero attached hydrogens (tertiary/aromatic N) is 4. The molecule has 2 aromatic rings. The molecule has 0 saturated carbocycles. The van der Waals surface area contributed by atoms with Crippen molar-refractivity contribution >= 4 is 23.3 Å². The Morgan fingerprint density at radius 3 is 2.41 bits per heavy atom. The number of benzene rings is 1. The second-order valence-corrected chi connectivity index (χ2v) is 6.31. The number of aromatic nitrogens is 2. The Labute approximate surface area is 158 Å². The molecule has 2 heterocycles. The number of anilines is 2. The molecule has 1 aromatic carbocycles. The Morgan fingerprint density at radius 1 is 1.07 bits per heavy atom. The van der Waals surface area contributed by atoms with Gasteiger partial charge in [-0.3, -0.25) is 9.59 Å². The molecule has 0 atom stereocenters. The summed E-state index contributed by atoms with van der Waals surface area (Å²) in [5.74, 6) is 1.58. The van der Waals surface area contributed by atoms with Crippen molar-refractivity contribution in [1.29, 1.82) is 0 Å². The Balaban J connectivity index is 1.77. The quantitative estimate of drug-likeness (QED) is 0.885. The Hall–Kier alpha value is -3.16. The number of piperazine rings is 1. The van der Waals surface area contributed by atoms with Crippen molar-refractivity contribution in [1.82, 2.24) is 19.8 Å². The first-order valence-electron chi connectivity index (χ1n) is 8.78. The lowest BCUT2D eigenvalue weighted by atomic mass is 10.2. The number of amides is 2. The van der Waals surface area contributed by atoms with Crippen LogP contribution >= 0.6 is 0 Å². The molecule has 27 heavy (non-hydrogen) atoms. The lowest BCUT2D eigenvalue weighted by molar-refractivity contribution is -0.130. The van der Waals surface area contributed by atoms with Crippen molar-refractivity contribution in [3.05, 3.63) is 41.9 Å². The van der Waals surface area contributed by atoms with Gasteiger partial charge in [0.25, 0.3) is 5.91 Å². The van der Waals surface area contributed by atoms with Crippen LogP contribution in [0.5, 0.6) is 5.75 Å². The molecule has 0 aliphatic carbocycles. The minimum Gasteiger partial charge on any atom is -0.495 e. The molecule has 0 radical (unpaired) electrons. The van der Waals surface area contributed by atoms with Crippen LogP contribution in [0.3, 0.4) is 0 Å². The van der Waals surface area contributed by atoms with Gasteiger partial charge in [-0.15, -0.1) is 0 Å². The lowest BCUT2D eigenvalue weighted by Crippen LogP contribution is -2.50. The second-order valence-electron chi connectivity index (χ2n) is 6.31. The zero-order valence-electron chi connectivity index (χ0n) is 15.7. The third-order valence-electron chi connectivity index (χ3n) is 4.44. The summed E-state index contributed by atoms with van der Waals surface area (Å²) >= 11 is 0. The van der Waals surface area contributed by atoms with Gasteiger partial charge in [-0.05, 0) is 19.1 Å². The molecule has 0 unspecified atom stereocenters. The zero-order valence-corrected chi connectivity index (χ0v) is 15.7. The van der Waals surface area contributed by atoms with Gasteiger partial charge in [-0.25, -0.2) is 9.97 Å². The summed E-state index contributed by atoms with van der Waals surface area (Å²) < 4.78 is 5.34. The minimum absolute atomic E-state index is 0.0308. The van der Waals surface area contributed by atoms with E-state index in [1.54, 1.807) is 36.8 Å². The number of rotatable bonds is 4. The van der Waals surface area contributed by atoms with E-state index >= 15 is 0 Å². The predicted octanol–water partition coefficient (Wildman–Crippen LogP) is 1.84. The maximum Gasteiger partial charge on any atom is 0.272 e. The maximum absolute atomic E-state index is 12.8. The average Bonchev–Trinajstić information content (AvgIpc) is 2.67. The highest BCUT2D eigenvalue weighted by Crippen LogP contribution is 2.26. The van der Waals surface area contributed by atoms with Crippen LogP contribution < -0.4 is 10.1 Å². The Kier molecular flexibility index (Phi) is 5.54. The van der Waals surface area contributed by atoms with Crippen molar-refractivity contribution in [3.63, 3.8) is 0 Å². The molecule has 2 amide bonds. The van der Waals surface area contributed by atoms with E-state index in [0.717, 1.165) is 5.69 Å². The standard InChI is InChI=1S/C19H23N5O3/c1-13-20-16(19(26)24-10-8-23(9-11-24)14(2)25)12-18(21-13)22-15-6-4-5-7-17(15)27-3/h4-7,12H,8-11H2,1-3H3,(H,20,21,22). The summed E-state index contributed by atoms with van der Waals surface area (Å²) in [7, 11) is 1.60. The molecule has 1 aliphatic rings. The van der Waals surface area contributed by atoms with Crippen molar-refractivity contribution in [2.24, 2.45) is 0 Å². The number of hydrogen-bond donors (Lipinski definition) is 1. The molecular weight excluding hydrogens is 346 g/mol. The van der Waals surface area contributed by atoms with Crippen LogP contribution in [0.4, 0.5) is 11.5 Å². The summed E-state index contributed by atoms with van der Waals surface area (Å²) in [5, 5.41) is 3.18. The predicted molar refractivity (Wildman–Crippen MR) is 101 cm³/mol. The molecule has 8 nitrogen and oxygen atoms in total. The molecule has 0 bridgehead atoms. The summed E-state index contributed by atoms with van der Waals surface area (Å²) in [6.07, 6.45) is 0. The second kappa shape index (κ2) is 8.03. The van der Waals surface area contributed by atoms with Gasteiger partial charge in [0, 0.05) is 39.2 Å². The van der Waals surface area contributed by atoms with Gasteiger partial charge in [-0.1, -0.05) is 12.1 Å². The molecule has 1 fully saturated rings. The van der Waals surface area contributed by atoms with E-state index in [4.69, 9.17) is 4.74 Å². The first-order chi connectivity index (χ1) is 13.0. The number of aryl methyl sites for hydroxylation is 1. The van der Waals surface area contributed by atoms with Gasteiger partial charge < -0.3 is 19.9 Å². The van der Waals surface area contributed by atoms with Gasteiger partial charge >= 0.3 is 0 Å². The fourth-order valence-corrected chi connectivity index (χ4v) is 3.01. The van der Waals surface area contributed by atoms with E-state index in [0.29, 0.717) is 49.3 Å². The SMILES string of the molecule is COc1ccccc1Nc1cc(C(=O)N2CCN(C(C)=O)CC2)nc(C)n1. The van der Waals surface area contributed by atoms with Crippen molar-refractivity contribution in [2.75, 3.05) is 38.6 Å². The van der Waals surface area contributed by atoms with Gasteiger partial charge in [0.15, 0.2) is 0 Å². The van der Waals surface area contributed by atoms with Crippen molar-refractivity contribution < 1.29 is 14.3 Å². The van der Waals surface area contributed by atoms with Crippen LogP contribution in [-0.2, 0) is 4.79 Å². The van der Waals surface area contributed by atoms with Gasteiger partial charge in [0.1, 0.15) is 23.1 Å². The first kappa shape index (κ1) is 18.6. The van der Waals surface area contributed by atoms with Crippen molar-refractivity contribution in [2.45, 2.75) is 13.8 Å². The molecule has 142 valence electrons. The molecule has 1 N–H and O–H groups in total. The number of hydrogen-bond acceptors (Lipinski definition) is 6. The van der Waals surface area contributed by atoms with E-state index in [9.17, 15) is 9.59 Å². The largest absolute Gasteiger partial charge is 0.495 e. The third-order valence-corrected chi connectivity index (χ3v) is 4.44. The van der Waals surface area contributed by atoms with Gasteiger partial charge in [0.05, 0.1) is 12.8 Å². The smallest absolute Gasteiger partial charge is 0.272 e. The van der Waals surface area contributed by atoms with Crippen LogP contribution in [0.15, 0.2) is 30.3 Å². The molecule has 0 spiro atoms. The number of carbonyl (C=O) groups excluding carboxylic acids is 2. The number of para-hydroxylation sites is 2. The molecule has 1 aromatic heterocycles. The molecule has 8 heteroatoms. The van der Waals surface area contributed by atoms with E-state index in [1.165, 1.54) is 0 Å².